The molecule has 5 aliphatic rings. The van der Waals surface area contributed by atoms with Crippen molar-refractivity contribution < 1.29 is 13.2 Å². The number of urea groups is 1. The van der Waals surface area contributed by atoms with Gasteiger partial charge in [0.05, 0.1) is 22.6 Å². The lowest BCUT2D eigenvalue weighted by molar-refractivity contribution is -0.101. The topological polar surface area (TPSA) is 115 Å². The fourth-order valence-electron chi connectivity index (χ4n) is 6.30. The monoisotopic (exact) mass is 493 g/mol. The molecule has 3 aliphatic heterocycles. The summed E-state index contributed by atoms with van der Waals surface area (Å²) in [6.07, 6.45) is 6.39. The Morgan fingerprint density at radius 3 is 2.20 bits per heavy atom. The molecule has 10 nitrogen and oxygen atoms in total. The van der Waals surface area contributed by atoms with E-state index in [1.54, 1.807) is 0 Å². The first kappa shape index (κ1) is 21.3. The number of hydrogen-bond donors (Lipinski definition) is 0. The van der Waals surface area contributed by atoms with Crippen molar-refractivity contribution in [2.24, 2.45) is 10.8 Å². The van der Waals surface area contributed by atoms with Gasteiger partial charge in [0.1, 0.15) is 6.33 Å². The highest BCUT2D eigenvalue weighted by Crippen LogP contribution is 2.54. The van der Waals surface area contributed by atoms with Gasteiger partial charge in [-0.2, -0.15) is 14.7 Å². The van der Waals surface area contributed by atoms with Crippen LogP contribution in [0.15, 0.2) is 35.5 Å². The number of amides is 2. The van der Waals surface area contributed by atoms with E-state index < -0.39 is 10.0 Å². The highest BCUT2D eigenvalue weighted by molar-refractivity contribution is 7.89. The predicted molar refractivity (Wildman–Crippen MR) is 124 cm³/mol. The average molecular weight is 494 g/mol. The van der Waals surface area contributed by atoms with Crippen molar-refractivity contribution in [3.05, 3.63) is 42.0 Å². The number of nitrogens with zero attached hydrogens (tertiary/aromatic N) is 7. The Hall–Kier alpha value is -2.97. The van der Waals surface area contributed by atoms with Gasteiger partial charge in [0, 0.05) is 56.0 Å². The summed E-state index contributed by atoms with van der Waals surface area (Å²) in [5.41, 5.74) is 0.548. The van der Waals surface area contributed by atoms with Crippen molar-refractivity contribution in [1.82, 2.24) is 28.9 Å². The second kappa shape index (κ2) is 7.04. The van der Waals surface area contributed by atoms with Crippen LogP contribution in [-0.2, 0) is 10.0 Å². The Labute approximate surface area is 204 Å². The molecule has 1 aromatic carbocycles. The van der Waals surface area contributed by atoms with Crippen molar-refractivity contribution >= 4 is 16.1 Å². The maximum absolute atomic E-state index is 12.9. The average Bonchev–Trinajstić information content (AvgIpc) is 3.47. The zero-order valence-corrected chi connectivity index (χ0v) is 20.2. The molecule has 0 atom stereocenters. The third-order valence-corrected chi connectivity index (χ3v) is 10.3. The summed E-state index contributed by atoms with van der Waals surface area (Å²) in [5.74, 6) is 1.56. The number of hydrogen-bond acceptors (Lipinski definition) is 6. The van der Waals surface area contributed by atoms with Crippen LogP contribution < -0.4 is 0 Å². The summed E-state index contributed by atoms with van der Waals surface area (Å²) in [7, 11) is -3.56. The number of carbonyl (C=O) groups is 1. The lowest BCUT2D eigenvalue weighted by atomic mass is 9.60. The standard InChI is InChI=1S/C24H27N7O3S/c25-9-17-1-5-20(6-2-17)35(33,34)30-14-24(15-30)12-29(13-24)22(32)28-10-23(11-28)7-19(8-23)31-16-26-21(27-31)18-3-4-18/h1-2,5-6,16,18-19H,3-4,7-8,10-15H2. The van der Waals surface area contributed by atoms with Crippen LogP contribution in [0.4, 0.5) is 4.79 Å². The number of rotatable bonds is 4. The minimum Gasteiger partial charge on any atom is -0.323 e. The SMILES string of the molecule is N#Cc1ccc(S(=O)(=O)N2CC3(CN(C(=O)N4CC5(CC(n6cnc(C7CC7)n6)C5)C4)C3)C2)cc1. The number of carbonyl (C=O) groups excluding carboxylic acids is 1. The van der Waals surface area contributed by atoms with Crippen LogP contribution >= 0.6 is 0 Å². The van der Waals surface area contributed by atoms with E-state index in [2.05, 4.69) is 10.1 Å². The van der Waals surface area contributed by atoms with Gasteiger partial charge in [-0.25, -0.2) is 22.9 Å². The zero-order valence-electron chi connectivity index (χ0n) is 19.4. The molecule has 0 bridgehead atoms. The molecule has 2 aromatic rings. The number of aromatic nitrogens is 3. The van der Waals surface area contributed by atoms with E-state index in [4.69, 9.17) is 5.26 Å². The second-order valence-corrected chi connectivity index (χ2v) is 13.3. The largest absolute Gasteiger partial charge is 0.323 e. The molecule has 2 spiro atoms. The Morgan fingerprint density at radius 2 is 1.60 bits per heavy atom. The van der Waals surface area contributed by atoms with Crippen LogP contribution in [0.25, 0.3) is 0 Å². The molecule has 2 saturated carbocycles. The molecular weight excluding hydrogens is 466 g/mol. The van der Waals surface area contributed by atoms with Gasteiger partial charge >= 0.3 is 6.03 Å². The van der Waals surface area contributed by atoms with Crippen LogP contribution in [0, 0.1) is 22.2 Å². The Kier molecular flexibility index (Phi) is 4.29. The van der Waals surface area contributed by atoms with Crippen LogP contribution in [0.1, 0.15) is 49.0 Å². The van der Waals surface area contributed by atoms with E-state index in [1.165, 1.54) is 41.4 Å². The summed E-state index contributed by atoms with van der Waals surface area (Å²) in [6.45, 7) is 3.70. The van der Waals surface area contributed by atoms with Crippen LogP contribution in [0.2, 0.25) is 0 Å². The fraction of sp³-hybridized carbons (Fsp3) is 0.583. The number of benzene rings is 1. The summed E-state index contributed by atoms with van der Waals surface area (Å²) in [6, 6.07) is 8.49. The molecule has 182 valence electrons. The normalized spacial score (nSPS) is 24.9. The molecule has 0 N–H and O–H groups in total. The van der Waals surface area contributed by atoms with E-state index in [0.29, 0.717) is 43.7 Å². The summed E-state index contributed by atoms with van der Waals surface area (Å²) in [4.78, 5) is 21.4. The van der Waals surface area contributed by atoms with Gasteiger partial charge in [-0.1, -0.05) is 0 Å². The van der Waals surface area contributed by atoms with E-state index in [9.17, 15) is 13.2 Å². The van der Waals surface area contributed by atoms with Crippen LogP contribution in [0.5, 0.6) is 0 Å². The molecule has 5 fully saturated rings. The highest BCUT2D eigenvalue weighted by atomic mass is 32.2. The third kappa shape index (κ3) is 3.30. The van der Waals surface area contributed by atoms with Crippen LogP contribution in [-0.4, -0.2) is 82.6 Å². The molecular formula is C24H27N7O3S. The highest BCUT2D eigenvalue weighted by Gasteiger charge is 2.60. The van der Waals surface area contributed by atoms with Crippen LogP contribution in [0.3, 0.4) is 0 Å². The van der Waals surface area contributed by atoms with E-state index >= 15 is 0 Å². The molecule has 0 radical (unpaired) electrons. The number of nitriles is 1. The Balaban J connectivity index is 0.882. The first-order valence-corrected chi connectivity index (χ1v) is 13.7. The second-order valence-electron chi connectivity index (χ2n) is 11.3. The van der Waals surface area contributed by atoms with Gasteiger partial charge in [-0.05, 0) is 49.9 Å². The number of likely N-dealkylation sites (tertiary alicyclic amines) is 2. The minimum atomic E-state index is -3.56. The summed E-state index contributed by atoms with van der Waals surface area (Å²) < 4.78 is 29.2. The van der Waals surface area contributed by atoms with Crippen molar-refractivity contribution in [3.63, 3.8) is 0 Å². The van der Waals surface area contributed by atoms with Crippen molar-refractivity contribution in [2.45, 2.75) is 42.5 Å². The molecule has 4 heterocycles. The van der Waals surface area contributed by atoms with E-state index in [-0.39, 0.29) is 21.8 Å². The maximum Gasteiger partial charge on any atom is 0.320 e. The fourth-order valence-corrected chi connectivity index (χ4v) is 7.96. The smallest absolute Gasteiger partial charge is 0.320 e. The molecule has 1 aromatic heterocycles. The van der Waals surface area contributed by atoms with Crippen molar-refractivity contribution in [3.8, 4) is 6.07 Å². The van der Waals surface area contributed by atoms with Gasteiger partial charge in [-0.15, -0.1) is 0 Å². The Bertz CT molecular complexity index is 1330. The van der Waals surface area contributed by atoms with Gasteiger partial charge in [0.25, 0.3) is 0 Å². The molecule has 3 saturated heterocycles. The van der Waals surface area contributed by atoms with E-state index in [0.717, 1.165) is 31.8 Å². The lowest BCUT2D eigenvalue weighted by Crippen LogP contribution is -2.76. The summed E-state index contributed by atoms with van der Waals surface area (Å²) in [5, 5.41) is 13.6. The van der Waals surface area contributed by atoms with Gasteiger partial charge in [0.2, 0.25) is 10.0 Å². The maximum atomic E-state index is 12.9. The molecule has 7 rings (SSSR count). The molecule has 11 heteroatoms. The first-order valence-electron chi connectivity index (χ1n) is 12.2. The lowest BCUT2D eigenvalue weighted by Gasteiger charge is -2.63. The molecule has 2 amide bonds. The summed E-state index contributed by atoms with van der Waals surface area (Å²) >= 11 is 0. The zero-order chi connectivity index (χ0) is 24.0. The molecule has 0 unspecified atom stereocenters. The van der Waals surface area contributed by atoms with Crippen molar-refractivity contribution in [2.75, 3.05) is 39.3 Å². The van der Waals surface area contributed by atoms with Crippen molar-refractivity contribution in [1.29, 1.82) is 5.26 Å². The third-order valence-electron chi connectivity index (χ3n) is 8.47. The number of sulfonamides is 1. The van der Waals surface area contributed by atoms with Gasteiger partial charge < -0.3 is 9.80 Å². The van der Waals surface area contributed by atoms with Gasteiger partial charge in [0.15, 0.2) is 5.82 Å². The van der Waals surface area contributed by atoms with Gasteiger partial charge in [-0.3, -0.25) is 0 Å². The quantitative estimate of drug-likeness (QED) is 0.641. The Morgan fingerprint density at radius 1 is 0.971 bits per heavy atom. The van der Waals surface area contributed by atoms with E-state index in [1.807, 2.05) is 26.9 Å². The molecule has 35 heavy (non-hydrogen) atoms. The predicted octanol–water partition coefficient (Wildman–Crippen LogP) is 1.79. The molecule has 2 aliphatic carbocycles. The first-order chi connectivity index (χ1) is 16.8. The minimum absolute atomic E-state index is 0.0786.